The Morgan fingerprint density at radius 2 is 1.77 bits per heavy atom. The Hall–Kier alpha value is -2.38. The van der Waals surface area contributed by atoms with Gasteiger partial charge in [0.25, 0.3) is 5.56 Å². The van der Waals surface area contributed by atoms with Gasteiger partial charge in [-0.1, -0.05) is 6.92 Å². The minimum absolute atomic E-state index is 0.0713. The summed E-state index contributed by atoms with van der Waals surface area (Å²) >= 11 is 0. The Bertz CT molecular complexity index is 716. The highest BCUT2D eigenvalue weighted by molar-refractivity contribution is 5.78. The summed E-state index contributed by atoms with van der Waals surface area (Å²) in [5.74, 6) is 0.842. The number of primary amides is 1. The van der Waals surface area contributed by atoms with Crippen molar-refractivity contribution in [2.24, 2.45) is 17.6 Å². The highest BCUT2D eigenvalue weighted by Crippen LogP contribution is 2.20. The van der Waals surface area contributed by atoms with Crippen LogP contribution >= 0.6 is 0 Å². The molecule has 0 unspecified atom stereocenters. The molecule has 2 amide bonds. The fraction of sp³-hybridized carbons (Fsp3) is 0.667. The highest BCUT2D eigenvalue weighted by Gasteiger charge is 2.26. The third kappa shape index (κ3) is 4.23. The first-order valence-electron chi connectivity index (χ1n) is 9.34. The first kappa shape index (κ1) is 18.4. The van der Waals surface area contributed by atoms with E-state index in [1.165, 1.54) is 10.7 Å². The Morgan fingerprint density at radius 1 is 1.12 bits per heavy atom. The van der Waals surface area contributed by atoms with Crippen LogP contribution in [0.2, 0.25) is 0 Å². The van der Waals surface area contributed by atoms with Crippen LogP contribution in [0, 0.1) is 11.8 Å². The smallest absolute Gasteiger partial charge is 0.267 e. The van der Waals surface area contributed by atoms with Crippen molar-refractivity contribution < 1.29 is 9.59 Å². The molecule has 2 aliphatic heterocycles. The number of amides is 2. The zero-order chi connectivity index (χ0) is 18.7. The Labute approximate surface area is 152 Å². The average molecular weight is 361 g/mol. The van der Waals surface area contributed by atoms with E-state index >= 15 is 0 Å². The van der Waals surface area contributed by atoms with Gasteiger partial charge in [0.2, 0.25) is 11.8 Å². The van der Waals surface area contributed by atoms with Crippen LogP contribution in [0.1, 0.15) is 32.6 Å². The number of carbonyl (C=O) groups excluding carboxylic acids is 2. The zero-order valence-electron chi connectivity index (χ0n) is 15.3. The van der Waals surface area contributed by atoms with Crippen LogP contribution in [0.4, 0.5) is 5.82 Å². The van der Waals surface area contributed by atoms with Crippen molar-refractivity contribution in [1.29, 1.82) is 0 Å². The highest BCUT2D eigenvalue weighted by atomic mass is 16.2. The van der Waals surface area contributed by atoms with Crippen LogP contribution in [-0.4, -0.2) is 52.7 Å². The third-order valence-electron chi connectivity index (χ3n) is 5.50. The first-order valence-corrected chi connectivity index (χ1v) is 9.34. The molecule has 3 heterocycles. The number of aromatic nitrogens is 2. The van der Waals surface area contributed by atoms with Crippen molar-refractivity contribution in [3.8, 4) is 0 Å². The average Bonchev–Trinajstić information content (AvgIpc) is 2.64. The molecule has 0 saturated carbocycles. The quantitative estimate of drug-likeness (QED) is 0.826. The summed E-state index contributed by atoms with van der Waals surface area (Å²) in [4.78, 5) is 39.7. The van der Waals surface area contributed by atoms with Crippen LogP contribution in [0.25, 0.3) is 0 Å². The molecule has 2 fully saturated rings. The SMILES string of the molecule is CC1CCN(c2ccc(=O)n(CC(=O)N3CCC(C(N)=O)CC3)n2)CC1. The molecule has 0 radical (unpaired) electrons. The fourth-order valence-electron chi connectivity index (χ4n) is 3.60. The molecule has 0 bridgehead atoms. The van der Waals surface area contributed by atoms with Crippen LogP contribution in [-0.2, 0) is 16.1 Å². The van der Waals surface area contributed by atoms with Crippen molar-refractivity contribution in [2.75, 3.05) is 31.1 Å². The standard InChI is InChI=1S/C18H27N5O3/c1-13-4-8-21(9-5-13)15-2-3-16(24)23(20-15)12-17(25)22-10-6-14(7-11-22)18(19)26/h2-3,13-14H,4-12H2,1H3,(H2,19,26). The summed E-state index contributed by atoms with van der Waals surface area (Å²) in [6.07, 6.45) is 3.37. The van der Waals surface area contributed by atoms with Gasteiger partial charge in [-0.2, -0.15) is 5.10 Å². The van der Waals surface area contributed by atoms with E-state index in [1.807, 2.05) is 0 Å². The lowest BCUT2D eigenvalue weighted by atomic mass is 9.96. The molecular weight excluding hydrogens is 334 g/mol. The summed E-state index contributed by atoms with van der Waals surface area (Å²) in [5, 5.41) is 4.41. The molecule has 2 saturated heterocycles. The summed E-state index contributed by atoms with van der Waals surface area (Å²) in [5.41, 5.74) is 5.05. The van der Waals surface area contributed by atoms with Crippen LogP contribution < -0.4 is 16.2 Å². The Balaban J connectivity index is 1.64. The second-order valence-corrected chi connectivity index (χ2v) is 7.41. The molecule has 8 heteroatoms. The topological polar surface area (TPSA) is 102 Å². The maximum absolute atomic E-state index is 12.5. The number of hydrogen-bond donors (Lipinski definition) is 1. The van der Waals surface area contributed by atoms with Crippen molar-refractivity contribution in [3.63, 3.8) is 0 Å². The zero-order valence-corrected chi connectivity index (χ0v) is 15.3. The Kier molecular flexibility index (Phi) is 5.58. The largest absolute Gasteiger partial charge is 0.369 e. The van der Waals surface area contributed by atoms with E-state index in [2.05, 4.69) is 16.9 Å². The molecule has 2 N–H and O–H groups in total. The van der Waals surface area contributed by atoms with Gasteiger partial charge in [0.15, 0.2) is 0 Å². The van der Waals surface area contributed by atoms with Crippen LogP contribution in [0.15, 0.2) is 16.9 Å². The molecule has 142 valence electrons. The van der Waals surface area contributed by atoms with Gasteiger partial charge in [-0.15, -0.1) is 0 Å². The fourth-order valence-corrected chi connectivity index (χ4v) is 3.60. The van der Waals surface area contributed by atoms with Gasteiger partial charge >= 0.3 is 0 Å². The van der Waals surface area contributed by atoms with Crippen LogP contribution in [0.5, 0.6) is 0 Å². The van der Waals surface area contributed by atoms with Crippen molar-refractivity contribution in [3.05, 3.63) is 22.5 Å². The molecule has 2 aliphatic rings. The number of hydrogen-bond acceptors (Lipinski definition) is 5. The molecule has 0 spiro atoms. The van der Waals surface area contributed by atoms with Crippen molar-refractivity contribution in [2.45, 2.75) is 39.2 Å². The number of anilines is 1. The molecule has 1 aromatic heterocycles. The summed E-state index contributed by atoms with van der Waals surface area (Å²) in [7, 11) is 0. The normalized spacial score (nSPS) is 19.6. The number of piperidine rings is 2. The van der Waals surface area contributed by atoms with E-state index in [4.69, 9.17) is 5.73 Å². The minimum Gasteiger partial charge on any atom is -0.369 e. The maximum atomic E-state index is 12.5. The first-order chi connectivity index (χ1) is 12.4. The van der Waals surface area contributed by atoms with E-state index in [-0.39, 0.29) is 29.8 Å². The molecule has 3 rings (SSSR count). The number of nitrogens with two attached hydrogens (primary N) is 1. The van der Waals surface area contributed by atoms with Gasteiger partial charge in [0, 0.05) is 38.2 Å². The van der Waals surface area contributed by atoms with E-state index in [9.17, 15) is 14.4 Å². The monoisotopic (exact) mass is 361 g/mol. The molecule has 0 aromatic carbocycles. The van der Waals surface area contributed by atoms with Crippen molar-refractivity contribution >= 4 is 17.6 Å². The predicted octanol–water partition coefficient (Wildman–Crippen LogP) is 0.204. The van der Waals surface area contributed by atoms with E-state index < -0.39 is 0 Å². The van der Waals surface area contributed by atoms with Gasteiger partial charge < -0.3 is 15.5 Å². The van der Waals surface area contributed by atoms with E-state index in [1.54, 1.807) is 11.0 Å². The van der Waals surface area contributed by atoms with Gasteiger partial charge in [-0.25, -0.2) is 4.68 Å². The number of nitrogens with zero attached hydrogens (tertiary/aromatic N) is 4. The maximum Gasteiger partial charge on any atom is 0.267 e. The van der Waals surface area contributed by atoms with Gasteiger partial charge in [0.1, 0.15) is 12.4 Å². The summed E-state index contributed by atoms with van der Waals surface area (Å²) in [6, 6.07) is 3.21. The lowest BCUT2D eigenvalue weighted by Gasteiger charge is -2.32. The number of carbonyl (C=O) groups is 2. The lowest BCUT2D eigenvalue weighted by molar-refractivity contribution is -0.135. The molecule has 1 aromatic rings. The molecule has 26 heavy (non-hydrogen) atoms. The molecule has 0 atom stereocenters. The van der Waals surface area contributed by atoms with Crippen LogP contribution in [0.3, 0.4) is 0 Å². The predicted molar refractivity (Wildman–Crippen MR) is 97.6 cm³/mol. The van der Waals surface area contributed by atoms with Gasteiger partial charge in [0.05, 0.1) is 0 Å². The summed E-state index contributed by atoms with van der Waals surface area (Å²) in [6.45, 7) is 4.99. The van der Waals surface area contributed by atoms with E-state index in [0.717, 1.165) is 31.7 Å². The third-order valence-corrected chi connectivity index (χ3v) is 5.50. The minimum atomic E-state index is -0.307. The number of likely N-dealkylation sites (tertiary alicyclic amines) is 1. The van der Waals surface area contributed by atoms with E-state index in [0.29, 0.717) is 31.8 Å². The number of rotatable bonds is 4. The second kappa shape index (κ2) is 7.88. The second-order valence-electron chi connectivity index (χ2n) is 7.41. The molecular formula is C18H27N5O3. The van der Waals surface area contributed by atoms with Gasteiger partial charge in [-0.05, 0) is 37.7 Å². The molecule has 0 aliphatic carbocycles. The Morgan fingerprint density at radius 3 is 2.38 bits per heavy atom. The lowest BCUT2D eigenvalue weighted by Crippen LogP contribution is -2.44. The van der Waals surface area contributed by atoms with Crippen molar-refractivity contribution in [1.82, 2.24) is 14.7 Å². The molecule has 8 nitrogen and oxygen atoms in total. The van der Waals surface area contributed by atoms with Gasteiger partial charge in [-0.3, -0.25) is 14.4 Å². The summed E-state index contributed by atoms with van der Waals surface area (Å²) < 4.78 is 1.25.